The van der Waals surface area contributed by atoms with Crippen LogP contribution >= 0.6 is 0 Å². The number of aromatic amines is 1. The first-order valence-electron chi connectivity index (χ1n) is 6.08. The van der Waals surface area contributed by atoms with Gasteiger partial charge in [0.25, 0.3) is 0 Å². The summed E-state index contributed by atoms with van der Waals surface area (Å²) in [6, 6.07) is 6.19. The molecule has 0 fully saturated rings. The molecule has 98 valence electrons. The van der Waals surface area contributed by atoms with Crippen molar-refractivity contribution in [2.24, 2.45) is 0 Å². The van der Waals surface area contributed by atoms with Crippen molar-refractivity contribution in [2.75, 3.05) is 34.4 Å². The highest BCUT2D eigenvalue weighted by atomic mass is 16.5. The smallest absolute Gasteiger partial charge is 0.126 e. The fourth-order valence-electron chi connectivity index (χ4n) is 2.01. The molecule has 0 saturated heterocycles. The minimum atomic E-state index is 0.573. The van der Waals surface area contributed by atoms with Crippen LogP contribution in [0.4, 0.5) is 0 Å². The van der Waals surface area contributed by atoms with Gasteiger partial charge in [-0.15, -0.1) is 0 Å². The Morgan fingerprint density at radius 2 is 2.00 bits per heavy atom. The number of ether oxygens (including phenoxy) is 2. The number of H-pyrrole nitrogens is 1. The van der Waals surface area contributed by atoms with Gasteiger partial charge in [-0.2, -0.15) is 0 Å². The molecule has 0 unspecified atom stereocenters. The highest BCUT2D eigenvalue weighted by Gasteiger charge is 2.10. The molecule has 0 aliphatic heterocycles. The van der Waals surface area contributed by atoms with Crippen LogP contribution in [0.1, 0.15) is 5.56 Å². The van der Waals surface area contributed by atoms with E-state index in [4.69, 9.17) is 9.47 Å². The average Bonchev–Trinajstić information content (AvgIpc) is 2.80. The molecule has 1 aromatic heterocycles. The zero-order valence-electron chi connectivity index (χ0n) is 11.2. The molecule has 0 bridgehead atoms. The Bertz CT molecular complexity index is 505. The van der Waals surface area contributed by atoms with Crippen molar-refractivity contribution >= 4 is 10.9 Å². The Hall–Kier alpha value is -1.52. The lowest BCUT2D eigenvalue weighted by Crippen LogP contribution is -2.13. The van der Waals surface area contributed by atoms with E-state index < -0.39 is 0 Å². The first kappa shape index (κ1) is 12.9. The number of methoxy groups -OCH3 is 1. The van der Waals surface area contributed by atoms with Crippen molar-refractivity contribution in [3.05, 3.63) is 30.0 Å². The molecule has 0 saturated carbocycles. The zero-order chi connectivity index (χ0) is 13.0. The third kappa shape index (κ3) is 2.83. The second-order valence-corrected chi connectivity index (χ2v) is 4.56. The summed E-state index contributed by atoms with van der Waals surface area (Å²) >= 11 is 0. The summed E-state index contributed by atoms with van der Waals surface area (Å²) in [7, 11) is 5.79. The first-order chi connectivity index (χ1) is 8.72. The van der Waals surface area contributed by atoms with E-state index in [1.807, 2.05) is 12.3 Å². The number of hydrogen-bond donors (Lipinski definition) is 1. The van der Waals surface area contributed by atoms with E-state index in [-0.39, 0.29) is 0 Å². The van der Waals surface area contributed by atoms with Gasteiger partial charge in [0.15, 0.2) is 0 Å². The maximum absolute atomic E-state index is 5.78. The van der Waals surface area contributed by atoms with Crippen molar-refractivity contribution < 1.29 is 9.47 Å². The lowest BCUT2D eigenvalue weighted by molar-refractivity contribution is 0.145. The highest BCUT2D eigenvalue weighted by molar-refractivity contribution is 5.84. The van der Waals surface area contributed by atoms with Gasteiger partial charge in [0.1, 0.15) is 12.4 Å². The van der Waals surface area contributed by atoms with Crippen LogP contribution < -0.4 is 4.74 Å². The van der Waals surface area contributed by atoms with Crippen molar-refractivity contribution in [3.8, 4) is 5.75 Å². The summed E-state index contributed by atoms with van der Waals surface area (Å²) in [6.07, 6.45) is 1.96. The van der Waals surface area contributed by atoms with Gasteiger partial charge in [0, 0.05) is 25.4 Å². The predicted molar refractivity (Wildman–Crippen MR) is 73.1 cm³/mol. The minimum Gasteiger partial charge on any atom is -0.491 e. The van der Waals surface area contributed by atoms with Crippen molar-refractivity contribution in [1.82, 2.24) is 9.88 Å². The van der Waals surface area contributed by atoms with E-state index in [9.17, 15) is 0 Å². The molecular weight excluding hydrogens is 228 g/mol. The highest BCUT2D eigenvalue weighted by Crippen LogP contribution is 2.28. The number of aromatic nitrogens is 1. The van der Waals surface area contributed by atoms with Crippen molar-refractivity contribution in [2.45, 2.75) is 6.54 Å². The minimum absolute atomic E-state index is 0.573. The number of nitrogens with zero attached hydrogens (tertiary/aromatic N) is 1. The lowest BCUT2D eigenvalue weighted by Gasteiger charge is -2.16. The SMILES string of the molecule is COCCOc1ccc2cc[nH]c2c1CN(C)C. The van der Waals surface area contributed by atoms with Gasteiger partial charge in [-0.1, -0.05) is 0 Å². The van der Waals surface area contributed by atoms with Gasteiger partial charge < -0.3 is 19.4 Å². The second kappa shape index (κ2) is 5.89. The molecule has 0 amide bonds. The summed E-state index contributed by atoms with van der Waals surface area (Å²) in [4.78, 5) is 5.42. The predicted octanol–water partition coefficient (Wildman–Crippen LogP) is 2.25. The molecule has 2 aromatic rings. The van der Waals surface area contributed by atoms with Gasteiger partial charge in [-0.05, 0) is 37.7 Å². The summed E-state index contributed by atoms with van der Waals surface area (Å²) < 4.78 is 10.8. The fourth-order valence-corrected chi connectivity index (χ4v) is 2.01. The van der Waals surface area contributed by atoms with Gasteiger partial charge in [0.05, 0.1) is 12.1 Å². The topological polar surface area (TPSA) is 37.5 Å². The Kier molecular flexibility index (Phi) is 4.23. The average molecular weight is 248 g/mol. The van der Waals surface area contributed by atoms with Crippen LogP contribution in [-0.2, 0) is 11.3 Å². The third-order valence-corrected chi connectivity index (χ3v) is 2.81. The van der Waals surface area contributed by atoms with Crippen LogP contribution in [0.3, 0.4) is 0 Å². The Morgan fingerprint density at radius 1 is 1.17 bits per heavy atom. The van der Waals surface area contributed by atoms with Gasteiger partial charge in [0.2, 0.25) is 0 Å². The fraction of sp³-hybridized carbons (Fsp3) is 0.429. The molecule has 0 aliphatic carbocycles. The summed E-state index contributed by atoms with van der Waals surface area (Å²) in [5.74, 6) is 0.927. The maximum atomic E-state index is 5.78. The quantitative estimate of drug-likeness (QED) is 0.797. The molecule has 0 atom stereocenters. The van der Waals surface area contributed by atoms with Crippen molar-refractivity contribution in [1.29, 1.82) is 0 Å². The number of nitrogens with one attached hydrogen (secondary N) is 1. The van der Waals surface area contributed by atoms with Crippen LogP contribution in [0.5, 0.6) is 5.75 Å². The Labute approximate surface area is 107 Å². The monoisotopic (exact) mass is 248 g/mol. The number of rotatable bonds is 6. The van der Waals surface area contributed by atoms with E-state index in [0.717, 1.165) is 17.8 Å². The molecule has 4 nitrogen and oxygen atoms in total. The molecule has 0 aliphatic rings. The van der Waals surface area contributed by atoms with Crippen LogP contribution in [0, 0.1) is 0 Å². The molecule has 1 aromatic carbocycles. The lowest BCUT2D eigenvalue weighted by atomic mass is 10.1. The van der Waals surface area contributed by atoms with Gasteiger partial charge in [-0.25, -0.2) is 0 Å². The molecule has 2 rings (SSSR count). The largest absolute Gasteiger partial charge is 0.491 e. The standard InChI is InChI=1S/C14H20N2O2/c1-16(2)10-12-13(18-9-8-17-3)5-4-11-6-7-15-14(11)12/h4-7,15H,8-10H2,1-3H3. The molecule has 0 spiro atoms. The first-order valence-corrected chi connectivity index (χ1v) is 6.08. The molecular formula is C14H20N2O2. The molecule has 4 heteroatoms. The van der Waals surface area contributed by atoms with E-state index in [2.05, 4.69) is 36.1 Å². The Morgan fingerprint density at radius 3 is 2.72 bits per heavy atom. The van der Waals surface area contributed by atoms with E-state index in [1.165, 1.54) is 10.9 Å². The summed E-state index contributed by atoms with van der Waals surface area (Å²) in [5, 5.41) is 1.21. The number of fused-ring (bicyclic) bond motifs is 1. The number of hydrogen-bond acceptors (Lipinski definition) is 3. The summed E-state index contributed by atoms with van der Waals surface area (Å²) in [6.45, 7) is 2.02. The van der Waals surface area contributed by atoms with Gasteiger partial charge >= 0.3 is 0 Å². The van der Waals surface area contributed by atoms with Crippen molar-refractivity contribution in [3.63, 3.8) is 0 Å². The van der Waals surface area contributed by atoms with E-state index in [0.29, 0.717) is 13.2 Å². The second-order valence-electron chi connectivity index (χ2n) is 4.56. The summed E-state index contributed by atoms with van der Waals surface area (Å²) in [5.41, 5.74) is 2.34. The van der Waals surface area contributed by atoms with E-state index >= 15 is 0 Å². The van der Waals surface area contributed by atoms with Gasteiger partial charge in [-0.3, -0.25) is 0 Å². The normalized spacial score (nSPS) is 11.3. The Balaban J connectivity index is 2.31. The van der Waals surface area contributed by atoms with Crippen LogP contribution in [0.15, 0.2) is 24.4 Å². The van der Waals surface area contributed by atoms with Crippen LogP contribution in [0.2, 0.25) is 0 Å². The number of benzene rings is 1. The maximum Gasteiger partial charge on any atom is 0.126 e. The molecule has 1 N–H and O–H groups in total. The zero-order valence-corrected chi connectivity index (χ0v) is 11.2. The molecule has 1 heterocycles. The van der Waals surface area contributed by atoms with Crippen LogP contribution in [-0.4, -0.2) is 44.3 Å². The van der Waals surface area contributed by atoms with E-state index in [1.54, 1.807) is 7.11 Å². The third-order valence-electron chi connectivity index (χ3n) is 2.81. The van der Waals surface area contributed by atoms with Crippen LogP contribution in [0.25, 0.3) is 10.9 Å². The molecule has 18 heavy (non-hydrogen) atoms. The molecule has 0 radical (unpaired) electrons.